The predicted molar refractivity (Wildman–Crippen MR) is 101 cm³/mol. The first-order valence-corrected chi connectivity index (χ1v) is 8.52. The van der Waals surface area contributed by atoms with Crippen molar-refractivity contribution in [2.75, 3.05) is 0 Å². The molecule has 2 bridgehead atoms. The number of rotatable bonds is 2. The lowest BCUT2D eigenvalue weighted by atomic mass is 9.64. The van der Waals surface area contributed by atoms with Crippen LogP contribution >= 0.6 is 0 Å². The standard InChI is InChI=1S/C18H23NO.C3H5NO/c1-16(2)17(3)11-14(19)18(16,4)13(15(17)20)10-12-8-6-5-7-9-12;1-2-3(4)5/h5-10,14H,11,19H2,1-4H3;2H,1H2,(H2,4,5). The van der Waals surface area contributed by atoms with Gasteiger partial charge in [-0.25, -0.2) is 0 Å². The van der Waals surface area contributed by atoms with Gasteiger partial charge in [-0.2, -0.15) is 0 Å². The van der Waals surface area contributed by atoms with E-state index in [2.05, 4.69) is 40.0 Å². The Kier molecular flexibility index (Phi) is 4.79. The zero-order valence-corrected chi connectivity index (χ0v) is 15.5. The van der Waals surface area contributed by atoms with Crippen molar-refractivity contribution in [3.8, 4) is 0 Å². The van der Waals surface area contributed by atoms with Gasteiger partial charge in [0, 0.05) is 22.4 Å². The summed E-state index contributed by atoms with van der Waals surface area (Å²) in [6, 6.07) is 10.1. The minimum atomic E-state index is -0.481. The fourth-order valence-electron chi connectivity index (χ4n) is 4.31. The highest BCUT2D eigenvalue weighted by atomic mass is 16.1. The number of primary amides is 1. The van der Waals surface area contributed by atoms with Crippen LogP contribution in [0.3, 0.4) is 0 Å². The molecule has 2 fully saturated rings. The van der Waals surface area contributed by atoms with E-state index in [4.69, 9.17) is 5.73 Å². The Labute approximate surface area is 150 Å². The summed E-state index contributed by atoms with van der Waals surface area (Å²) < 4.78 is 0. The predicted octanol–water partition coefficient (Wildman–Crippen LogP) is 3.08. The monoisotopic (exact) mass is 340 g/mol. The van der Waals surface area contributed by atoms with Crippen LogP contribution in [0.2, 0.25) is 0 Å². The smallest absolute Gasteiger partial charge is 0.240 e. The molecule has 134 valence electrons. The molecule has 0 heterocycles. The van der Waals surface area contributed by atoms with Gasteiger partial charge in [-0.1, -0.05) is 64.6 Å². The van der Waals surface area contributed by atoms with Crippen LogP contribution in [0, 0.1) is 16.2 Å². The molecular formula is C21H28N2O2. The van der Waals surface area contributed by atoms with Crippen LogP contribution in [0.5, 0.6) is 0 Å². The highest BCUT2D eigenvalue weighted by Crippen LogP contribution is 2.71. The molecule has 3 unspecified atom stereocenters. The Bertz CT molecular complexity index is 736. The first kappa shape index (κ1) is 19.1. The Balaban J connectivity index is 0.000000399. The number of hydrogen-bond donors (Lipinski definition) is 2. The molecular weight excluding hydrogens is 312 g/mol. The molecule has 1 amide bonds. The maximum absolute atomic E-state index is 12.9. The zero-order valence-electron chi connectivity index (χ0n) is 15.5. The topological polar surface area (TPSA) is 86.2 Å². The van der Waals surface area contributed by atoms with Crippen LogP contribution in [-0.2, 0) is 9.59 Å². The highest BCUT2D eigenvalue weighted by Gasteiger charge is 2.73. The normalized spacial score (nSPS) is 33.7. The van der Waals surface area contributed by atoms with E-state index in [1.54, 1.807) is 0 Å². The molecule has 4 nitrogen and oxygen atoms in total. The molecule has 4 N–H and O–H groups in total. The highest BCUT2D eigenvalue weighted by molar-refractivity contribution is 6.09. The molecule has 1 aromatic carbocycles. The van der Waals surface area contributed by atoms with E-state index in [1.165, 1.54) is 0 Å². The van der Waals surface area contributed by atoms with Gasteiger partial charge in [-0.15, -0.1) is 0 Å². The van der Waals surface area contributed by atoms with Gasteiger partial charge in [0.25, 0.3) is 0 Å². The van der Waals surface area contributed by atoms with Crippen LogP contribution < -0.4 is 11.5 Å². The molecule has 0 aromatic heterocycles. The van der Waals surface area contributed by atoms with Gasteiger partial charge in [0.05, 0.1) is 0 Å². The first-order chi connectivity index (χ1) is 11.5. The largest absolute Gasteiger partial charge is 0.366 e. The third-order valence-corrected chi connectivity index (χ3v) is 6.66. The summed E-state index contributed by atoms with van der Waals surface area (Å²) in [7, 11) is 0. The number of Topliss-reactive ketones (excluding diaryl/α,β-unsaturated/α-hetero) is 1. The van der Waals surface area contributed by atoms with E-state index in [0.29, 0.717) is 0 Å². The summed E-state index contributed by atoms with van der Waals surface area (Å²) in [6.45, 7) is 11.7. The summed E-state index contributed by atoms with van der Waals surface area (Å²) >= 11 is 0. The van der Waals surface area contributed by atoms with Crippen molar-refractivity contribution in [1.82, 2.24) is 0 Å². The van der Waals surface area contributed by atoms with E-state index >= 15 is 0 Å². The Morgan fingerprint density at radius 3 is 2.16 bits per heavy atom. The lowest BCUT2D eigenvalue weighted by Crippen LogP contribution is -2.43. The second kappa shape index (κ2) is 6.26. The van der Waals surface area contributed by atoms with Gasteiger partial charge in [0.2, 0.25) is 5.91 Å². The van der Waals surface area contributed by atoms with E-state index in [0.717, 1.165) is 23.6 Å². The van der Waals surface area contributed by atoms with E-state index in [1.807, 2.05) is 36.4 Å². The van der Waals surface area contributed by atoms with Gasteiger partial charge in [0.1, 0.15) is 0 Å². The van der Waals surface area contributed by atoms with Crippen LogP contribution in [-0.4, -0.2) is 17.7 Å². The van der Waals surface area contributed by atoms with Gasteiger partial charge < -0.3 is 11.5 Å². The van der Waals surface area contributed by atoms with Crippen molar-refractivity contribution in [2.24, 2.45) is 27.7 Å². The molecule has 4 heteroatoms. The minimum absolute atomic E-state index is 0.0511. The van der Waals surface area contributed by atoms with E-state index in [9.17, 15) is 9.59 Å². The average molecular weight is 340 g/mol. The summed E-state index contributed by atoms with van der Waals surface area (Å²) in [5.41, 5.74) is 12.3. The van der Waals surface area contributed by atoms with Crippen molar-refractivity contribution in [3.63, 3.8) is 0 Å². The van der Waals surface area contributed by atoms with Crippen molar-refractivity contribution >= 4 is 17.8 Å². The lowest BCUT2D eigenvalue weighted by molar-refractivity contribution is -0.125. The second-order valence-electron chi connectivity index (χ2n) is 7.87. The minimum Gasteiger partial charge on any atom is -0.366 e. The summed E-state index contributed by atoms with van der Waals surface area (Å²) in [4.78, 5) is 22.4. The Morgan fingerprint density at radius 1 is 1.20 bits per heavy atom. The van der Waals surface area contributed by atoms with Gasteiger partial charge >= 0.3 is 0 Å². The Hall–Kier alpha value is -2.20. The lowest BCUT2D eigenvalue weighted by Gasteiger charge is -2.39. The molecule has 2 aliphatic rings. The molecule has 3 rings (SSSR count). The zero-order chi connectivity index (χ0) is 19.0. The van der Waals surface area contributed by atoms with Gasteiger partial charge in [-0.05, 0) is 29.6 Å². The number of benzene rings is 1. The van der Waals surface area contributed by atoms with Crippen molar-refractivity contribution < 1.29 is 9.59 Å². The molecule has 2 aliphatic carbocycles. The number of hydrogen-bond acceptors (Lipinski definition) is 3. The van der Waals surface area contributed by atoms with Crippen LogP contribution in [0.4, 0.5) is 0 Å². The fourth-order valence-corrected chi connectivity index (χ4v) is 4.31. The Morgan fingerprint density at radius 2 is 1.72 bits per heavy atom. The first-order valence-electron chi connectivity index (χ1n) is 8.52. The average Bonchev–Trinajstić information content (AvgIpc) is 2.77. The molecule has 0 aliphatic heterocycles. The van der Waals surface area contributed by atoms with Crippen molar-refractivity contribution in [3.05, 3.63) is 54.1 Å². The molecule has 0 saturated heterocycles. The van der Waals surface area contributed by atoms with E-state index < -0.39 is 5.91 Å². The molecule has 25 heavy (non-hydrogen) atoms. The molecule has 3 atom stereocenters. The summed E-state index contributed by atoms with van der Waals surface area (Å²) in [5.74, 6) is -0.194. The van der Waals surface area contributed by atoms with Crippen LogP contribution in [0.15, 0.2) is 48.6 Å². The number of carbonyl (C=O) groups is 2. The molecule has 0 radical (unpaired) electrons. The fraction of sp³-hybridized carbons (Fsp3) is 0.429. The third kappa shape index (κ3) is 2.65. The maximum atomic E-state index is 12.9. The SMILES string of the molecule is C=CC(N)=O.CC12CC(N)C(C)(C(=Cc3ccccc3)C1=O)C2(C)C. The number of nitrogens with two attached hydrogens (primary N) is 2. The number of ketones is 1. The van der Waals surface area contributed by atoms with Gasteiger partial charge in [0.15, 0.2) is 5.78 Å². The summed E-state index contributed by atoms with van der Waals surface area (Å²) in [5, 5.41) is 0. The quantitative estimate of drug-likeness (QED) is 0.811. The molecule has 2 saturated carbocycles. The van der Waals surface area contributed by atoms with Crippen LogP contribution in [0.1, 0.15) is 39.7 Å². The number of amides is 1. The molecule has 1 aromatic rings. The number of fused-ring (bicyclic) bond motifs is 2. The van der Waals surface area contributed by atoms with Crippen molar-refractivity contribution in [1.29, 1.82) is 0 Å². The second-order valence-corrected chi connectivity index (χ2v) is 7.87. The number of carbonyl (C=O) groups excluding carboxylic acids is 2. The summed E-state index contributed by atoms with van der Waals surface area (Å²) in [6.07, 6.45) is 3.90. The van der Waals surface area contributed by atoms with Crippen molar-refractivity contribution in [2.45, 2.75) is 40.2 Å². The van der Waals surface area contributed by atoms with E-state index in [-0.39, 0.29) is 28.1 Å². The third-order valence-electron chi connectivity index (χ3n) is 6.66. The maximum Gasteiger partial charge on any atom is 0.240 e. The van der Waals surface area contributed by atoms with Gasteiger partial charge in [-0.3, -0.25) is 9.59 Å². The van der Waals surface area contributed by atoms with Crippen LogP contribution in [0.25, 0.3) is 6.08 Å². The molecule has 0 spiro atoms.